The fraction of sp³-hybridized carbons (Fsp3) is 0.294. The Morgan fingerprint density at radius 2 is 1.73 bits per heavy atom. The highest BCUT2D eigenvalue weighted by Crippen LogP contribution is 2.22. The van der Waals surface area contributed by atoms with Gasteiger partial charge < -0.3 is 10.6 Å². The normalized spacial score (nSPS) is 10.3. The molecule has 2 aromatic rings. The Morgan fingerprint density at radius 1 is 1.05 bits per heavy atom. The third-order valence-electron chi connectivity index (χ3n) is 3.42. The smallest absolute Gasteiger partial charge is 0.261 e. The van der Waals surface area contributed by atoms with E-state index in [9.17, 15) is 9.59 Å². The van der Waals surface area contributed by atoms with Crippen molar-refractivity contribution >= 4 is 28.8 Å². The number of benzene rings is 1. The minimum Gasteiger partial charge on any atom is -0.342 e. The fourth-order valence-electron chi connectivity index (χ4n) is 2.24. The Balaban J connectivity index is 1.99. The van der Waals surface area contributed by atoms with Gasteiger partial charge in [0.25, 0.3) is 5.91 Å². The van der Waals surface area contributed by atoms with Crippen molar-refractivity contribution in [3.05, 3.63) is 51.7 Å². The minimum absolute atomic E-state index is 0.0298. The number of carbonyl (C=O) groups excluding carboxylic acids is 2. The monoisotopic (exact) mass is 316 g/mol. The average Bonchev–Trinajstić information content (AvgIpc) is 3.07. The van der Waals surface area contributed by atoms with Crippen LogP contribution in [0.5, 0.6) is 0 Å². The maximum absolute atomic E-state index is 12.1. The number of anilines is 1. The molecule has 0 radical (unpaired) electrons. The van der Waals surface area contributed by atoms with Crippen molar-refractivity contribution in [2.24, 2.45) is 0 Å². The fourth-order valence-corrected chi connectivity index (χ4v) is 2.88. The van der Waals surface area contributed by atoms with Gasteiger partial charge in [0.15, 0.2) is 0 Å². The Bertz CT molecular complexity index is 628. The maximum Gasteiger partial charge on any atom is 0.261 e. The van der Waals surface area contributed by atoms with E-state index in [0.29, 0.717) is 4.88 Å². The molecule has 0 aliphatic rings. The average molecular weight is 316 g/mol. The molecule has 0 aliphatic carbocycles. The second-order valence-electron chi connectivity index (χ2n) is 4.87. The van der Waals surface area contributed by atoms with Crippen LogP contribution >= 0.6 is 11.3 Å². The van der Waals surface area contributed by atoms with Crippen LogP contribution in [0.4, 0.5) is 5.69 Å². The molecule has 0 bridgehead atoms. The van der Waals surface area contributed by atoms with E-state index in [1.165, 1.54) is 11.3 Å². The molecule has 0 spiro atoms. The summed E-state index contributed by atoms with van der Waals surface area (Å²) in [5.41, 5.74) is 3.09. The van der Waals surface area contributed by atoms with Crippen molar-refractivity contribution in [1.29, 1.82) is 0 Å². The first-order valence-corrected chi connectivity index (χ1v) is 8.26. The standard InChI is InChI=1S/C17H20N2O2S/c1-3-12-7-5-8-13(4-2)16(12)19-15(20)11-18-17(21)14-9-6-10-22-14/h5-10H,3-4,11H2,1-2H3,(H,18,21)(H,19,20). The molecule has 2 rings (SSSR count). The van der Waals surface area contributed by atoms with Gasteiger partial charge in [-0.25, -0.2) is 0 Å². The van der Waals surface area contributed by atoms with Crippen LogP contribution in [0.1, 0.15) is 34.6 Å². The molecule has 1 heterocycles. The van der Waals surface area contributed by atoms with Crippen LogP contribution in [0, 0.1) is 0 Å². The van der Waals surface area contributed by atoms with Gasteiger partial charge in [-0.05, 0) is 35.4 Å². The number of hydrogen-bond donors (Lipinski definition) is 2. The highest BCUT2D eigenvalue weighted by Gasteiger charge is 2.12. The maximum atomic E-state index is 12.1. The van der Waals surface area contributed by atoms with Crippen LogP contribution in [0.25, 0.3) is 0 Å². The van der Waals surface area contributed by atoms with E-state index in [1.54, 1.807) is 6.07 Å². The van der Waals surface area contributed by atoms with Crippen LogP contribution in [0.2, 0.25) is 0 Å². The summed E-state index contributed by atoms with van der Waals surface area (Å²) in [6, 6.07) is 9.58. The molecule has 2 amide bonds. The lowest BCUT2D eigenvalue weighted by molar-refractivity contribution is -0.115. The van der Waals surface area contributed by atoms with E-state index >= 15 is 0 Å². The molecule has 0 fully saturated rings. The third-order valence-corrected chi connectivity index (χ3v) is 4.29. The molecule has 0 saturated heterocycles. The van der Waals surface area contributed by atoms with Gasteiger partial charge in [0.05, 0.1) is 11.4 Å². The van der Waals surface area contributed by atoms with E-state index in [-0.39, 0.29) is 18.4 Å². The number of amides is 2. The largest absolute Gasteiger partial charge is 0.342 e. The van der Waals surface area contributed by atoms with Crippen LogP contribution in [-0.4, -0.2) is 18.4 Å². The predicted octanol–water partition coefficient (Wildman–Crippen LogP) is 3.24. The summed E-state index contributed by atoms with van der Waals surface area (Å²) < 4.78 is 0. The molecule has 4 nitrogen and oxygen atoms in total. The van der Waals surface area contributed by atoms with Gasteiger partial charge in [-0.2, -0.15) is 0 Å². The molecule has 0 atom stereocenters. The van der Waals surface area contributed by atoms with E-state index in [0.717, 1.165) is 29.7 Å². The third kappa shape index (κ3) is 3.95. The van der Waals surface area contributed by atoms with Gasteiger partial charge in [0.1, 0.15) is 0 Å². The second-order valence-corrected chi connectivity index (χ2v) is 5.81. The Kier molecular flexibility index (Phi) is 5.72. The Labute approximate surface area is 134 Å². The molecule has 22 heavy (non-hydrogen) atoms. The molecule has 1 aromatic carbocycles. The summed E-state index contributed by atoms with van der Waals surface area (Å²) in [5, 5.41) is 7.40. The van der Waals surface area contributed by atoms with Crippen LogP contribution in [-0.2, 0) is 17.6 Å². The van der Waals surface area contributed by atoms with Crippen molar-refractivity contribution in [2.45, 2.75) is 26.7 Å². The molecule has 1 aromatic heterocycles. The van der Waals surface area contributed by atoms with Crippen LogP contribution < -0.4 is 10.6 Å². The number of aryl methyl sites for hydroxylation is 2. The van der Waals surface area contributed by atoms with Gasteiger partial charge in [-0.3, -0.25) is 9.59 Å². The number of hydrogen-bond acceptors (Lipinski definition) is 3. The molecular formula is C17H20N2O2S. The Hall–Kier alpha value is -2.14. The minimum atomic E-state index is -0.218. The lowest BCUT2D eigenvalue weighted by atomic mass is 10.0. The van der Waals surface area contributed by atoms with Crippen molar-refractivity contribution in [1.82, 2.24) is 5.32 Å². The van der Waals surface area contributed by atoms with Crippen LogP contribution in [0.3, 0.4) is 0 Å². The van der Waals surface area contributed by atoms with Gasteiger partial charge in [-0.15, -0.1) is 11.3 Å². The van der Waals surface area contributed by atoms with E-state index in [2.05, 4.69) is 24.5 Å². The zero-order valence-electron chi connectivity index (χ0n) is 12.8. The summed E-state index contributed by atoms with van der Waals surface area (Å²) in [4.78, 5) is 24.5. The molecular weight excluding hydrogens is 296 g/mol. The summed E-state index contributed by atoms with van der Waals surface area (Å²) >= 11 is 1.36. The number of para-hydroxylation sites is 1. The lowest BCUT2D eigenvalue weighted by Gasteiger charge is -2.14. The first-order valence-electron chi connectivity index (χ1n) is 7.38. The molecule has 0 aliphatic heterocycles. The first-order chi connectivity index (χ1) is 10.7. The summed E-state index contributed by atoms with van der Waals surface area (Å²) in [6.45, 7) is 4.09. The topological polar surface area (TPSA) is 58.2 Å². The van der Waals surface area contributed by atoms with Gasteiger partial charge >= 0.3 is 0 Å². The zero-order chi connectivity index (χ0) is 15.9. The first kappa shape index (κ1) is 16.2. The summed E-state index contributed by atoms with van der Waals surface area (Å²) in [7, 11) is 0. The van der Waals surface area contributed by atoms with Crippen molar-refractivity contribution in [3.63, 3.8) is 0 Å². The number of nitrogens with one attached hydrogen (secondary N) is 2. The lowest BCUT2D eigenvalue weighted by Crippen LogP contribution is -2.32. The Morgan fingerprint density at radius 3 is 2.27 bits per heavy atom. The van der Waals surface area contributed by atoms with Crippen molar-refractivity contribution < 1.29 is 9.59 Å². The zero-order valence-corrected chi connectivity index (χ0v) is 13.6. The predicted molar refractivity (Wildman–Crippen MR) is 90.5 cm³/mol. The molecule has 0 saturated carbocycles. The second kappa shape index (κ2) is 7.75. The number of thiophene rings is 1. The van der Waals surface area contributed by atoms with Crippen molar-refractivity contribution in [3.8, 4) is 0 Å². The summed E-state index contributed by atoms with van der Waals surface area (Å²) in [5.74, 6) is -0.426. The molecule has 0 unspecified atom stereocenters. The van der Waals surface area contributed by atoms with Crippen LogP contribution in [0.15, 0.2) is 35.7 Å². The van der Waals surface area contributed by atoms with E-state index in [4.69, 9.17) is 0 Å². The molecule has 2 N–H and O–H groups in total. The number of carbonyl (C=O) groups is 2. The van der Waals surface area contributed by atoms with Gasteiger partial charge in [-0.1, -0.05) is 38.1 Å². The van der Waals surface area contributed by atoms with Gasteiger partial charge in [0.2, 0.25) is 5.91 Å². The SMILES string of the molecule is CCc1cccc(CC)c1NC(=O)CNC(=O)c1cccs1. The van der Waals surface area contributed by atoms with Crippen molar-refractivity contribution in [2.75, 3.05) is 11.9 Å². The molecule has 5 heteroatoms. The highest BCUT2D eigenvalue weighted by atomic mass is 32.1. The summed E-state index contributed by atoms with van der Waals surface area (Å²) in [6.07, 6.45) is 1.70. The number of rotatable bonds is 6. The molecule has 116 valence electrons. The van der Waals surface area contributed by atoms with E-state index in [1.807, 2.05) is 29.6 Å². The quantitative estimate of drug-likeness (QED) is 0.859. The van der Waals surface area contributed by atoms with E-state index < -0.39 is 0 Å². The van der Waals surface area contributed by atoms with Gasteiger partial charge in [0, 0.05) is 5.69 Å². The highest BCUT2D eigenvalue weighted by molar-refractivity contribution is 7.12.